The van der Waals surface area contributed by atoms with Gasteiger partial charge >= 0.3 is 0 Å². The number of halogens is 1. The van der Waals surface area contributed by atoms with E-state index in [4.69, 9.17) is 0 Å². The van der Waals surface area contributed by atoms with E-state index in [0.717, 1.165) is 24.5 Å². The fourth-order valence-electron chi connectivity index (χ4n) is 2.39. The van der Waals surface area contributed by atoms with Gasteiger partial charge in [-0.15, -0.1) is 0 Å². The van der Waals surface area contributed by atoms with Crippen molar-refractivity contribution in [3.05, 3.63) is 47.8 Å². The van der Waals surface area contributed by atoms with E-state index in [-0.39, 0.29) is 11.9 Å². The first-order valence-corrected chi connectivity index (χ1v) is 6.73. The van der Waals surface area contributed by atoms with Crippen LogP contribution in [0.25, 0.3) is 5.69 Å². The lowest BCUT2D eigenvalue weighted by molar-refractivity contribution is 0.537. The van der Waals surface area contributed by atoms with Gasteiger partial charge in [0.25, 0.3) is 0 Å². The fourth-order valence-corrected chi connectivity index (χ4v) is 2.39. The second kappa shape index (κ2) is 5.97. The van der Waals surface area contributed by atoms with Crippen LogP contribution in [0.2, 0.25) is 0 Å². The summed E-state index contributed by atoms with van der Waals surface area (Å²) < 4.78 is 16.1. The molecule has 0 saturated carbocycles. The molecule has 0 fully saturated rings. The van der Waals surface area contributed by atoms with Gasteiger partial charge in [-0.05, 0) is 25.6 Å². The van der Waals surface area contributed by atoms with E-state index in [9.17, 15) is 4.39 Å². The fraction of sp³-hybridized carbons (Fsp3) is 0.400. The number of hydrogen-bond donors (Lipinski definition) is 1. The molecule has 0 bridgehead atoms. The maximum atomic E-state index is 14.2. The molecule has 0 spiro atoms. The second-order valence-electron chi connectivity index (χ2n) is 4.52. The second-order valence-corrected chi connectivity index (χ2v) is 4.52. The summed E-state index contributed by atoms with van der Waals surface area (Å²) in [7, 11) is 0. The summed E-state index contributed by atoms with van der Waals surface area (Å²) >= 11 is 0. The summed E-state index contributed by atoms with van der Waals surface area (Å²) in [5.74, 6) is 0.761. The van der Waals surface area contributed by atoms with Crippen LogP contribution in [0.15, 0.2) is 30.6 Å². The largest absolute Gasteiger partial charge is 0.310 e. The van der Waals surface area contributed by atoms with Crippen molar-refractivity contribution in [2.75, 3.05) is 6.54 Å². The lowest BCUT2D eigenvalue weighted by Gasteiger charge is -2.19. The molecule has 0 amide bonds. The number of imidazole rings is 1. The molecule has 0 saturated heterocycles. The predicted octanol–water partition coefficient (Wildman–Crippen LogP) is 3.24. The average Bonchev–Trinajstić information content (AvgIpc) is 2.86. The summed E-state index contributed by atoms with van der Waals surface area (Å²) in [6, 6.07) is 5.16. The summed E-state index contributed by atoms with van der Waals surface area (Å²) in [5, 5.41) is 3.27. The first-order chi connectivity index (χ1) is 9.19. The van der Waals surface area contributed by atoms with Gasteiger partial charge in [0.05, 0.1) is 5.69 Å². The minimum absolute atomic E-state index is 0.0340. The van der Waals surface area contributed by atoms with Crippen LogP contribution >= 0.6 is 0 Å². The van der Waals surface area contributed by atoms with Crippen LogP contribution in [0.5, 0.6) is 0 Å². The Morgan fingerprint density at radius 1 is 1.37 bits per heavy atom. The van der Waals surface area contributed by atoms with Crippen LogP contribution in [-0.2, 0) is 6.42 Å². The molecule has 2 aromatic rings. The van der Waals surface area contributed by atoms with Gasteiger partial charge in [-0.25, -0.2) is 9.37 Å². The standard InChI is InChI=1S/C15H20FN3/c1-4-14-18-9-10-19(14)13-8-6-7-12(16)15(13)11(3)17-5-2/h6-11,17H,4-5H2,1-3H3. The van der Waals surface area contributed by atoms with Gasteiger partial charge in [-0.3, -0.25) is 0 Å². The molecule has 19 heavy (non-hydrogen) atoms. The van der Waals surface area contributed by atoms with Crippen molar-refractivity contribution in [1.82, 2.24) is 14.9 Å². The number of benzene rings is 1. The van der Waals surface area contributed by atoms with E-state index in [2.05, 4.69) is 10.3 Å². The Labute approximate surface area is 113 Å². The Kier molecular flexibility index (Phi) is 4.32. The van der Waals surface area contributed by atoms with Crippen molar-refractivity contribution >= 4 is 0 Å². The molecule has 4 heteroatoms. The van der Waals surface area contributed by atoms with Crippen LogP contribution in [0.3, 0.4) is 0 Å². The summed E-state index contributed by atoms with van der Waals surface area (Å²) in [6.45, 7) is 6.85. The van der Waals surface area contributed by atoms with Crippen LogP contribution in [-0.4, -0.2) is 16.1 Å². The first-order valence-electron chi connectivity index (χ1n) is 6.73. The highest BCUT2D eigenvalue weighted by Crippen LogP contribution is 2.25. The number of rotatable bonds is 5. The zero-order valence-corrected chi connectivity index (χ0v) is 11.7. The lowest BCUT2D eigenvalue weighted by Crippen LogP contribution is -2.21. The molecule has 1 heterocycles. The summed E-state index contributed by atoms with van der Waals surface area (Å²) in [4.78, 5) is 4.31. The Bertz CT molecular complexity index is 548. The van der Waals surface area contributed by atoms with Crippen molar-refractivity contribution < 1.29 is 4.39 Å². The number of aromatic nitrogens is 2. The maximum absolute atomic E-state index is 14.2. The van der Waals surface area contributed by atoms with Crippen molar-refractivity contribution in [3.8, 4) is 5.69 Å². The smallest absolute Gasteiger partial charge is 0.130 e. The van der Waals surface area contributed by atoms with Crippen LogP contribution in [0.1, 0.15) is 38.2 Å². The molecular formula is C15H20FN3. The molecule has 1 N–H and O–H groups in total. The maximum Gasteiger partial charge on any atom is 0.130 e. The van der Waals surface area contributed by atoms with Gasteiger partial charge in [0.1, 0.15) is 11.6 Å². The molecule has 102 valence electrons. The Morgan fingerprint density at radius 2 is 2.16 bits per heavy atom. The van der Waals surface area contributed by atoms with Gasteiger partial charge in [0, 0.05) is 30.4 Å². The monoisotopic (exact) mass is 261 g/mol. The number of nitrogens with zero attached hydrogens (tertiary/aromatic N) is 2. The number of hydrogen-bond acceptors (Lipinski definition) is 2. The van der Waals surface area contributed by atoms with Crippen LogP contribution in [0, 0.1) is 5.82 Å². The van der Waals surface area contributed by atoms with E-state index in [1.807, 2.05) is 37.6 Å². The van der Waals surface area contributed by atoms with Gasteiger partial charge in [0.2, 0.25) is 0 Å². The Balaban J connectivity index is 2.54. The molecule has 1 unspecified atom stereocenters. The highest BCUT2D eigenvalue weighted by atomic mass is 19.1. The van der Waals surface area contributed by atoms with Gasteiger partial charge < -0.3 is 9.88 Å². The number of aryl methyl sites for hydroxylation is 1. The van der Waals surface area contributed by atoms with Crippen molar-refractivity contribution in [2.24, 2.45) is 0 Å². The highest BCUT2D eigenvalue weighted by Gasteiger charge is 2.17. The molecule has 0 aliphatic carbocycles. The van der Waals surface area contributed by atoms with Crippen molar-refractivity contribution in [1.29, 1.82) is 0 Å². The summed E-state index contributed by atoms with van der Waals surface area (Å²) in [6.07, 6.45) is 4.46. The van der Waals surface area contributed by atoms with Crippen LogP contribution < -0.4 is 5.32 Å². The zero-order valence-electron chi connectivity index (χ0n) is 11.7. The molecule has 0 radical (unpaired) electrons. The minimum atomic E-state index is -0.179. The molecule has 2 rings (SSSR count). The molecule has 1 aromatic carbocycles. The quantitative estimate of drug-likeness (QED) is 0.895. The topological polar surface area (TPSA) is 29.9 Å². The third-order valence-corrected chi connectivity index (χ3v) is 3.27. The SMILES string of the molecule is CCNC(C)c1c(F)cccc1-n1ccnc1CC. The van der Waals surface area contributed by atoms with E-state index >= 15 is 0 Å². The van der Waals surface area contributed by atoms with E-state index in [1.165, 1.54) is 6.07 Å². The normalized spacial score (nSPS) is 12.6. The van der Waals surface area contributed by atoms with Gasteiger partial charge in [-0.2, -0.15) is 0 Å². The molecule has 0 aliphatic rings. The Hall–Kier alpha value is -1.68. The van der Waals surface area contributed by atoms with Crippen molar-refractivity contribution in [2.45, 2.75) is 33.2 Å². The third kappa shape index (κ3) is 2.68. The minimum Gasteiger partial charge on any atom is -0.310 e. The van der Waals surface area contributed by atoms with Crippen molar-refractivity contribution in [3.63, 3.8) is 0 Å². The molecule has 1 atom stereocenters. The zero-order chi connectivity index (χ0) is 13.8. The van der Waals surface area contributed by atoms with E-state index in [0.29, 0.717) is 5.56 Å². The van der Waals surface area contributed by atoms with E-state index < -0.39 is 0 Å². The molecule has 3 nitrogen and oxygen atoms in total. The van der Waals surface area contributed by atoms with Gasteiger partial charge in [-0.1, -0.05) is 19.9 Å². The first kappa shape index (κ1) is 13.7. The van der Waals surface area contributed by atoms with Gasteiger partial charge in [0.15, 0.2) is 0 Å². The Morgan fingerprint density at radius 3 is 2.84 bits per heavy atom. The number of nitrogens with one attached hydrogen (secondary N) is 1. The lowest BCUT2D eigenvalue weighted by atomic mass is 10.0. The highest BCUT2D eigenvalue weighted by molar-refractivity contribution is 5.44. The predicted molar refractivity (Wildman–Crippen MR) is 75.0 cm³/mol. The van der Waals surface area contributed by atoms with E-state index in [1.54, 1.807) is 12.3 Å². The summed E-state index contributed by atoms with van der Waals surface area (Å²) in [5.41, 5.74) is 1.56. The van der Waals surface area contributed by atoms with Crippen LogP contribution in [0.4, 0.5) is 4.39 Å². The molecule has 1 aromatic heterocycles. The third-order valence-electron chi connectivity index (χ3n) is 3.27. The molecule has 0 aliphatic heterocycles. The average molecular weight is 261 g/mol. The molecular weight excluding hydrogens is 241 g/mol.